The van der Waals surface area contributed by atoms with Gasteiger partial charge in [-0.2, -0.15) is 5.10 Å². The number of anilines is 1. The summed E-state index contributed by atoms with van der Waals surface area (Å²) in [5.41, 5.74) is 1.84. The van der Waals surface area contributed by atoms with Gasteiger partial charge in [0.1, 0.15) is 6.54 Å². The summed E-state index contributed by atoms with van der Waals surface area (Å²) in [6.07, 6.45) is 2.04. The topological polar surface area (TPSA) is 67.2 Å². The van der Waals surface area contributed by atoms with Crippen molar-refractivity contribution < 1.29 is 9.59 Å². The van der Waals surface area contributed by atoms with Crippen LogP contribution in [0.2, 0.25) is 5.02 Å². The molecular weight excluding hydrogens is 364 g/mol. The minimum Gasteiger partial charge on any atom is -0.337 e. The Morgan fingerprint density at radius 1 is 1.04 bits per heavy atom. The highest BCUT2D eigenvalue weighted by atomic mass is 35.5. The molecule has 0 saturated carbocycles. The first kappa shape index (κ1) is 17.5. The van der Waals surface area contributed by atoms with E-state index in [-0.39, 0.29) is 18.4 Å². The molecule has 1 aliphatic heterocycles. The number of likely N-dealkylation sites (tertiary alicyclic amines) is 1. The number of nitrogens with one attached hydrogen (secondary N) is 1. The van der Waals surface area contributed by atoms with Gasteiger partial charge in [0.05, 0.1) is 5.52 Å². The van der Waals surface area contributed by atoms with Crippen LogP contribution in [-0.4, -0.2) is 39.6 Å². The van der Waals surface area contributed by atoms with Crippen LogP contribution in [-0.2, 0) is 11.3 Å². The van der Waals surface area contributed by atoms with E-state index in [4.69, 9.17) is 11.6 Å². The van der Waals surface area contributed by atoms with E-state index >= 15 is 0 Å². The standard InChI is InChI=1S/C20H19ClN4O2/c21-14-7-9-15(10-8-14)22-18(26)13-25-17-6-2-1-5-16(17)19(23-25)20(27)24-11-3-4-12-24/h1-2,5-10H,3-4,11-13H2,(H,22,26). The maximum Gasteiger partial charge on any atom is 0.275 e. The molecule has 0 radical (unpaired) electrons. The van der Waals surface area contributed by atoms with Crippen LogP contribution in [0.15, 0.2) is 48.5 Å². The van der Waals surface area contributed by atoms with Crippen molar-refractivity contribution in [3.05, 3.63) is 59.2 Å². The number of amides is 2. The second kappa shape index (κ2) is 7.40. The molecule has 138 valence electrons. The van der Waals surface area contributed by atoms with Crippen molar-refractivity contribution in [1.82, 2.24) is 14.7 Å². The molecule has 1 fully saturated rings. The van der Waals surface area contributed by atoms with E-state index in [2.05, 4.69) is 10.4 Å². The zero-order chi connectivity index (χ0) is 18.8. The lowest BCUT2D eigenvalue weighted by atomic mass is 10.2. The number of para-hydroxylation sites is 1. The normalized spacial score (nSPS) is 13.9. The number of nitrogens with zero attached hydrogens (tertiary/aromatic N) is 3. The number of carbonyl (C=O) groups excluding carboxylic acids is 2. The third-order valence-corrected chi connectivity index (χ3v) is 4.93. The Bertz CT molecular complexity index is 991. The monoisotopic (exact) mass is 382 g/mol. The Morgan fingerprint density at radius 2 is 1.74 bits per heavy atom. The van der Waals surface area contributed by atoms with Crippen LogP contribution in [0.4, 0.5) is 5.69 Å². The summed E-state index contributed by atoms with van der Waals surface area (Å²) in [7, 11) is 0. The van der Waals surface area contributed by atoms with Crippen LogP contribution in [0.5, 0.6) is 0 Å². The van der Waals surface area contributed by atoms with Crippen molar-refractivity contribution in [2.75, 3.05) is 18.4 Å². The van der Waals surface area contributed by atoms with E-state index in [0.717, 1.165) is 36.8 Å². The SMILES string of the molecule is O=C(Cn1nc(C(=O)N2CCCC2)c2ccccc21)Nc1ccc(Cl)cc1. The van der Waals surface area contributed by atoms with Gasteiger partial charge in [-0.25, -0.2) is 0 Å². The molecule has 7 heteroatoms. The number of halogens is 1. The Morgan fingerprint density at radius 3 is 2.48 bits per heavy atom. The zero-order valence-corrected chi connectivity index (χ0v) is 15.4. The maximum absolute atomic E-state index is 12.8. The summed E-state index contributed by atoms with van der Waals surface area (Å²) >= 11 is 5.87. The first-order valence-electron chi connectivity index (χ1n) is 8.92. The smallest absolute Gasteiger partial charge is 0.275 e. The summed E-state index contributed by atoms with van der Waals surface area (Å²) in [4.78, 5) is 27.1. The van der Waals surface area contributed by atoms with Crippen molar-refractivity contribution in [2.24, 2.45) is 0 Å². The molecule has 1 aromatic heterocycles. The molecule has 0 aliphatic carbocycles. The van der Waals surface area contributed by atoms with Gasteiger partial charge in [-0.3, -0.25) is 14.3 Å². The molecule has 0 spiro atoms. The molecule has 1 N–H and O–H groups in total. The lowest BCUT2D eigenvalue weighted by molar-refractivity contribution is -0.116. The highest BCUT2D eigenvalue weighted by Gasteiger charge is 2.25. The third kappa shape index (κ3) is 3.66. The van der Waals surface area contributed by atoms with Crippen LogP contribution in [0.3, 0.4) is 0 Å². The van der Waals surface area contributed by atoms with E-state index in [1.807, 2.05) is 29.2 Å². The lowest BCUT2D eigenvalue weighted by Gasteiger charge is -2.13. The predicted molar refractivity (Wildman–Crippen MR) is 105 cm³/mol. The maximum atomic E-state index is 12.8. The molecule has 2 amide bonds. The third-order valence-electron chi connectivity index (χ3n) is 4.68. The van der Waals surface area contributed by atoms with Crippen LogP contribution in [0.1, 0.15) is 23.3 Å². The molecule has 0 atom stereocenters. The number of carbonyl (C=O) groups is 2. The summed E-state index contributed by atoms with van der Waals surface area (Å²) in [6.45, 7) is 1.55. The molecule has 6 nitrogen and oxygen atoms in total. The molecule has 2 heterocycles. The fraction of sp³-hybridized carbons (Fsp3) is 0.250. The summed E-state index contributed by atoms with van der Waals surface area (Å²) < 4.78 is 1.59. The molecule has 27 heavy (non-hydrogen) atoms. The quantitative estimate of drug-likeness (QED) is 0.750. The molecular formula is C20H19ClN4O2. The van der Waals surface area contributed by atoms with Gasteiger partial charge in [0.2, 0.25) is 5.91 Å². The van der Waals surface area contributed by atoms with E-state index in [9.17, 15) is 9.59 Å². The van der Waals surface area contributed by atoms with Gasteiger partial charge >= 0.3 is 0 Å². The fourth-order valence-corrected chi connectivity index (χ4v) is 3.47. The van der Waals surface area contributed by atoms with Crippen LogP contribution in [0, 0.1) is 0 Å². The number of fused-ring (bicyclic) bond motifs is 1. The summed E-state index contributed by atoms with van der Waals surface area (Å²) in [5, 5.41) is 8.67. The van der Waals surface area contributed by atoms with Gasteiger partial charge in [-0.15, -0.1) is 0 Å². The van der Waals surface area contributed by atoms with Crippen molar-refractivity contribution >= 4 is 40.0 Å². The largest absolute Gasteiger partial charge is 0.337 e. The average molecular weight is 383 g/mol. The van der Waals surface area contributed by atoms with Gasteiger partial charge in [-0.05, 0) is 43.2 Å². The second-order valence-corrected chi connectivity index (χ2v) is 7.01. The van der Waals surface area contributed by atoms with Crippen molar-refractivity contribution in [3.63, 3.8) is 0 Å². The number of hydrogen-bond donors (Lipinski definition) is 1. The van der Waals surface area contributed by atoms with E-state index in [1.165, 1.54) is 0 Å². The van der Waals surface area contributed by atoms with E-state index in [0.29, 0.717) is 16.4 Å². The summed E-state index contributed by atoms with van der Waals surface area (Å²) in [6, 6.07) is 14.4. The zero-order valence-electron chi connectivity index (χ0n) is 14.7. The highest BCUT2D eigenvalue weighted by molar-refractivity contribution is 6.30. The van der Waals surface area contributed by atoms with Gasteiger partial charge in [-0.1, -0.05) is 29.8 Å². The molecule has 1 saturated heterocycles. The van der Waals surface area contributed by atoms with Crippen molar-refractivity contribution in [3.8, 4) is 0 Å². The Kier molecular flexibility index (Phi) is 4.81. The number of rotatable bonds is 4. The minimum absolute atomic E-state index is 0.0242. The van der Waals surface area contributed by atoms with E-state index < -0.39 is 0 Å². The second-order valence-electron chi connectivity index (χ2n) is 6.58. The predicted octanol–water partition coefficient (Wildman–Crippen LogP) is 3.56. The fourth-order valence-electron chi connectivity index (χ4n) is 3.35. The first-order chi connectivity index (χ1) is 13.1. The molecule has 0 bridgehead atoms. The van der Waals surface area contributed by atoms with Crippen LogP contribution < -0.4 is 5.32 Å². The number of hydrogen-bond acceptors (Lipinski definition) is 3. The Hall–Kier alpha value is -2.86. The molecule has 2 aromatic carbocycles. The Balaban J connectivity index is 1.59. The summed E-state index contributed by atoms with van der Waals surface area (Å²) in [5.74, 6) is -0.286. The van der Waals surface area contributed by atoms with Crippen LogP contribution in [0.25, 0.3) is 10.9 Å². The molecule has 3 aromatic rings. The van der Waals surface area contributed by atoms with Gasteiger partial charge in [0, 0.05) is 29.2 Å². The number of benzene rings is 2. The lowest BCUT2D eigenvalue weighted by Crippen LogP contribution is -2.28. The van der Waals surface area contributed by atoms with E-state index in [1.54, 1.807) is 28.9 Å². The highest BCUT2D eigenvalue weighted by Crippen LogP contribution is 2.22. The molecule has 1 aliphatic rings. The minimum atomic E-state index is -0.217. The molecule has 0 unspecified atom stereocenters. The Labute approximate surface area is 161 Å². The average Bonchev–Trinajstić information content (AvgIpc) is 3.32. The first-order valence-corrected chi connectivity index (χ1v) is 9.30. The van der Waals surface area contributed by atoms with Gasteiger partial charge < -0.3 is 10.2 Å². The van der Waals surface area contributed by atoms with Crippen molar-refractivity contribution in [2.45, 2.75) is 19.4 Å². The van der Waals surface area contributed by atoms with Gasteiger partial charge in [0.15, 0.2) is 5.69 Å². The number of aromatic nitrogens is 2. The van der Waals surface area contributed by atoms with Crippen molar-refractivity contribution in [1.29, 1.82) is 0 Å². The van der Waals surface area contributed by atoms with Gasteiger partial charge in [0.25, 0.3) is 5.91 Å². The van der Waals surface area contributed by atoms with Crippen LogP contribution >= 0.6 is 11.6 Å². The molecule has 4 rings (SSSR count).